The monoisotopic (exact) mass is 255 g/mol. The number of hydrogen-bond donors (Lipinski definition) is 1. The summed E-state index contributed by atoms with van der Waals surface area (Å²) in [5.41, 5.74) is 0.930. The zero-order valence-electron chi connectivity index (χ0n) is 10.1. The number of aliphatic hydroxyl groups excluding tert-OH is 1. The minimum absolute atomic E-state index is 0.221. The Morgan fingerprint density at radius 3 is 3.06 bits per heavy atom. The van der Waals surface area contributed by atoms with Crippen LogP contribution in [0.25, 0.3) is 0 Å². The van der Waals surface area contributed by atoms with Crippen molar-refractivity contribution in [2.24, 2.45) is 0 Å². The van der Waals surface area contributed by atoms with E-state index in [2.05, 4.69) is 14.9 Å². The lowest BCUT2D eigenvalue weighted by molar-refractivity contribution is 0.262. The van der Waals surface area contributed by atoms with Gasteiger partial charge in [-0.25, -0.2) is 9.97 Å². The topological polar surface area (TPSA) is 49.2 Å². The van der Waals surface area contributed by atoms with E-state index in [0.717, 1.165) is 30.8 Å². The summed E-state index contributed by atoms with van der Waals surface area (Å²) in [7, 11) is 0. The van der Waals surface area contributed by atoms with Crippen LogP contribution >= 0.6 is 11.6 Å². The second-order valence-electron chi connectivity index (χ2n) is 4.47. The highest BCUT2D eigenvalue weighted by atomic mass is 35.5. The molecule has 1 aromatic rings. The summed E-state index contributed by atoms with van der Waals surface area (Å²) in [6.45, 7) is 3.15. The first kappa shape index (κ1) is 12.6. The molecule has 0 spiro atoms. The molecule has 0 amide bonds. The number of nitrogens with zero attached hydrogens (tertiary/aromatic N) is 3. The highest BCUT2D eigenvalue weighted by Gasteiger charge is 2.24. The number of rotatable bonds is 3. The van der Waals surface area contributed by atoms with Crippen LogP contribution in [0.3, 0.4) is 0 Å². The first-order valence-corrected chi connectivity index (χ1v) is 6.46. The van der Waals surface area contributed by atoms with Gasteiger partial charge < -0.3 is 10.0 Å². The van der Waals surface area contributed by atoms with Crippen molar-refractivity contribution in [2.45, 2.75) is 38.6 Å². The summed E-state index contributed by atoms with van der Waals surface area (Å²) in [6, 6.07) is 0.374. The maximum atomic E-state index is 9.12. The van der Waals surface area contributed by atoms with Crippen molar-refractivity contribution in [3.63, 3.8) is 0 Å². The summed E-state index contributed by atoms with van der Waals surface area (Å²) in [4.78, 5) is 10.6. The van der Waals surface area contributed by atoms with Crippen LogP contribution in [0.5, 0.6) is 0 Å². The molecule has 4 nitrogen and oxygen atoms in total. The van der Waals surface area contributed by atoms with Crippen molar-refractivity contribution in [3.05, 3.63) is 17.0 Å². The standard InChI is InChI=1S/C12H18ClN3O/c1-9-11(13)14-8-15-12(9)16-6-3-2-4-10(16)5-7-17/h8,10,17H,2-7H2,1H3. The summed E-state index contributed by atoms with van der Waals surface area (Å²) in [5, 5.41) is 9.64. The lowest BCUT2D eigenvalue weighted by atomic mass is 9.99. The van der Waals surface area contributed by atoms with Gasteiger partial charge in [-0.2, -0.15) is 0 Å². The normalized spacial score (nSPS) is 20.6. The Hall–Kier alpha value is -0.870. The van der Waals surface area contributed by atoms with Crippen LogP contribution in [-0.2, 0) is 0 Å². The summed E-state index contributed by atoms with van der Waals surface area (Å²) in [5.74, 6) is 0.920. The molecule has 17 heavy (non-hydrogen) atoms. The van der Waals surface area contributed by atoms with E-state index in [4.69, 9.17) is 16.7 Å². The molecule has 1 saturated heterocycles. The van der Waals surface area contributed by atoms with Gasteiger partial charge in [0.25, 0.3) is 0 Å². The Kier molecular flexibility index (Phi) is 4.18. The Balaban J connectivity index is 2.26. The van der Waals surface area contributed by atoms with Gasteiger partial charge in [-0.3, -0.25) is 0 Å². The fourth-order valence-electron chi connectivity index (χ4n) is 2.44. The zero-order chi connectivity index (χ0) is 12.3. The van der Waals surface area contributed by atoms with Gasteiger partial charge in [0, 0.05) is 24.8 Å². The van der Waals surface area contributed by atoms with Crippen molar-refractivity contribution in [2.75, 3.05) is 18.1 Å². The molecule has 5 heteroatoms. The van der Waals surface area contributed by atoms with Gasteiger partial charge in [-0.1, -0.05) is 11.6 Å². The third kappa shape index (κ3) is 2.69. The quantitative estimate of drug-likeness (QED) is 0.841. The van der Waals surface area contributed by atoms with E-state index >= 15 is 0 Å². The number of piperidine rings is 1. The van der Waals surface area contributed by atoms with Crippen molar-refractivity contribution >= 4 is 17.4 Å². The molecule has 0 bridgehead atoms. The lowest BCUT2D eigenvalue weighted by Crippen LogP contribution is -2.41. The molecule has 94 valence electrons. The minimum atomic E-state index is 0.221. The molecule has 1 aliphatic heterocycles. The van der Waals surface area contributed by atoms with E-state index in [0.29, 0.717) is 11.2 Å². The van der Waals surface area contributed by atoms with Gasteiger partial charge in [0.2, 0.25) is 0 Å². The van der Waals surface area contributed by atoms with E-state index in [-0.39, 0.29) is 6.61 Å². The Morgan fingerprint density at radius 2 is 2.29 bits per heavy atom. The van der Waals surface area contributed by atoms with Gasteiger partial charge in [0.15, 0.2) is 0 Å². The third-order valence-electron chi connectivity index (χ3n) is 3.36. The molecule has 1 fully saturated rings. The Morgan fingerprint density at radius 1 is 1.47 bits per heavy atom. The molecule has 0 radical (unpaired) electrons. The first-order chi connectivity index (χ1) is 8.24. The third-order valence-corrected chi connectivity index (χ3v) is 3.74. The number of halogens is 1. The molecule has 1 atom stereocenters. The minimum Gasteiger partial charge on any atom is -0.396 e. The van der Waals surface area contributed by atoms with Crippen molar-refractivity contribution < 1.29 is 5.11 Å². The molecule has 2 heterocycles. The van der Waals surface area contributed by atoms with Crippen LogP contribution in [0.4, 0.5) is 5.82 Å². The number of aliphatic hydroxyl groups is 1. The molecule has 1 unspecified atom stereocenters. The average Bonchev–Trinajstić information content (AvgIpc) is 2.34. The van der Waals surface area contributed by atoms with E-state index in [1.54, 1.807) is 0 Å². The number of anilines is 1. The average molecular weight is 256 g/mol. The molecular formula is C12H18ClN3O. The smallest absolute Gasteiger partial charge is 0.137 e. The van der Waals surface area contributed by atoms with Crippen molar-refractivity contribution in [1.29, 1.82) is 0 Å². The maximum absolute atomic E-state index is 9.12. The summed E-state index contributed by atoms with van der Waals surface area (Å²) < 4.78 is 0. The van der Waals surface area contributed by atoms with Crippen LogP contribution in [0.2, 0.25) is 5.15 Å². The molecular weight excluding hydrogens is 238 g/mol. The van der Waals surface area contributed by atoms with Crippen molar-refractivity contribution in [3.8, 4) is 0 Å². The molecule has 0 saturated carbocycles. The molecule has 1 aliphatic rings. The van der Waals surface area contributed by atoms with E-state index in [1.165, 1.54) is 19.2 Å². The Labute approximate surface area is 107 Å². The summed E-state index contributed by atoms with van der Waals surface area (Å²) >= 11 is 6.03. The highest BCUT2D eigenvalue weighted by molar-refractivity contribution is 6.30. The van der Waals surface area contributed by atoms with Gasteiger partial charge in [-0.05, 0) is 32.6 Å². The zero-order valence-corrected chi connectivity index (χ0v) is 10.8. The predicted octanol–water partition coefficient (Wildman–Crippen LogP) is 2.18. The Bertz CT molecular complexity index is 384. The summed E-state index contributed by atoms with van der Waals surface area (Å²) in [6.07, 6.45) is 5.81. The SMILES string of the molecule is Cc1c(Cl)ncnc1N1CCCCC1CCO. The fraction of sp³-hybridized carbons (Fsp3) is 0.667. The second kappa shape index (κ2) is 5.65. The first-order valence-electron chi connectivity index (χ1n) is 6.08. The van der Waals surface area contributed by atoms with Crippen LogP contribution in [0.15, 0.2) is 6.33 Å². The molecule has 1 N–H and O–H groups in total. The second-order valence-corrected chi connectivity index (χ2v) is 4.83. The fourth-order valence-corrected chi connectivity index (χ4v) is 2.57. The lowest BCUT2D eigenvalue weighted by Gasteiger charge is -2.37. The van der Waals surface area contributed by atoms with Gasteiger partial charge in [-0.15, -0.1) is 0 Å². The van der Waals surface area contributed by atoms with Gasteiger partial charge in [0.05, 0.1) is 0 Å². The maximum Gasteiger partial charge on any atom is 0.137 e. The molecule has 1 aromatic heterocycles. The van der Waals surface area contributed by atoms with Gasteiger partial charge in [0.1, 0.15) is 17.3 Å². The van der Waals surface area contributed by atoms with E-state index < -0.39 is 0 Å². The molecule has 0 aromatic carbocycles. The van der Waals surface area contributed by atoms with E-state index in [1.807, 2.05) is 6.92 Å². The van der Waals surface area contributed by atoms with Crippen LogP contribution in [0, 0.1) is 6.92 Å². The molecule has 2 rings (SSSR count). The number of hydrogen-bond acceptors (Lipinski definition) is 4. The van der Waals surface area contributed by atoms with E-state index in [9.17, 15) is 0 Å². The molecule has 0 aliphatic carbocycles. The van der Waals surface area contributed by atoms with Crippen molar-refractivity contribution in [1.82, 2.24) is 9.97 Å². The number of aromatic nitrogens is 2. The van der Waals surface area contributed by atoms with Crippen LogP contribution < -0.4 is 4.90 Å². The van der Waals surface area contributed by atoms with Crippen LogP contribution in [0.1, 0.15) is 31.2 Å². The van der Waals surface area contributed by atoms with Gasteiger partial charge >= 0.3 is 0 Å². The largest absolute Gasteiger partial charge is 0.396 e. The predicted molar refractivity (Wildman–Crippen MR) is 68.5 cm³/mol. The van der Waals surface area contributed by atoms with Crippen LogP contribution in [-0.4, -0.2) is 34.3 Å². The highest BCUT2D eigenvalue weighted by Crippen LogP contribution is 2.29.